The molecule has 0 fully saturated rings. The third kappa shape index (κ3) is 3.00. The molecular weight excluding hydrogens is 242 g/mol. The number of halogens is 1. The van der Waals surface area contributed by atoms with Crippen molar-refractivity contribution in [3.63, 3.8) is 0 Å². The summed E-state index contributed by atoms with van der Waals surface area (Å²) in [6, 6.07) is 7.79. The van der Waals surface area contributed by atoms with Crippen molar-refractivity contribution in [1.82, 2.24) is 0 Å². The molecule has 0 bridgehead atoms. The van der Waals surface area contributed by atoms with Gasteiger partial charge in [0.25, 0.3) is 0 Å². The van der Waals surface area contributed by atoms with Crippen LogP contribution in [0.15, 0.2) is 41.4 Å². The van der Waals surface area contributed by atoms with E-state index < -0.39 is 0 Å². The lowest BCUT2D eigenvalue weighted by molar-refractivity contribution is -0.118. The average Bonchev–Trinajstić information content (AvgIpc) is 2.15. The Morgan fingerprint density at radius 1 is 1.50 bits per heavy atom. The van der Waals surface area contributed by atoms with Gasteiger partial charge in [0.15, 0.2) is 0 Å². The Morgan fingerprint density at radius 2 is 2.07 bits per heavy atom. The molecule has 3 heteroatoms. The number of hydrogen-bond acceptors (Lipinski definition) is 1. The van der Waals surface area contributed by atoms with E-state index in [9.17, 15) is 4.79 Å². The Balaban J connectivity index is 2.84. The van der Waals surface area contributed by atoms with E-state index in [-0.39, 0.29) is 11.8 Å². The van der Waals surface area contributed by atoms with Gasteiger partial charge in [-0.1, -0.05) is 34.1 Å². The summed E-state index contributed by atoms with van der Waals surface area (Å²) >= 11 is 3.35. The van der Waals surface area contributed by atoms with Crippen LogP contribution in [0.5, 0.6) is 0 Å². The summed E-state index contributed by atoms with van der Waals surface area (Å²) in [7, 11) is 0. The highest BCUT2D eigenvalue weighted by Crippen LogP contribution is 2.22. The minimum Gasteiger partial charge on any atom is -0.370 e. The number of carbonyl (C=O) groups is 1. The van der Waals surface area contributed by atoms with Crippen molar-refractivity contribution in [2.45, 2.75) is 12.3 Å². The number of carbonyl (C=O) groups excluding carboxylic acids is 1. The molecule has 0 aromatic heterocycles. The van der Waals surface area contributed by atoms with Crippen LogP contribution >= 0.6 is 15.9 Å². The molecule has 0 spiro atoms. The van der Waals surface area contributed by atoms with E-state index in [1.807, 2.05) is 24.3 Å². The van der Waals surface area contributed by atoms with Gasteiger partial charge in [0.2, 0.25) is 5.91 Å². The molecule has 0 aliphatic carbocycles. The molecule has 0 radical (unpaired) electrons. The van der Waals surface area contributed by atoms with Crippen molar-refractivity contribution >= 4 is 21.8 Å². The quantitative estimate of drug-likeness (QED) is 0.824. The summed E-state index contributed by atoms with van der Waals surface area (Å²) in [4.78, 5) is 10.8. The van der Waals surface area contributed by atoms with E-state index in [4.69, 9.17) is 5.73 Å². The fourth-order valence-electron chi connectivity index (χ4n) is 1.26. The predicted octanol–water partition coefficient (Wildman–Crippen LogP) is 2.59. The van der Waals surface area contributed by atoms with Gasteiger partial charge in [-0.05, 0) is 17.7 Å². The maximum Gasteiger partial charge on any atom is 0.218 e. The molecular formula is C11H12BrNO. The molecule has 0 aliphatic heterocycles. The Labute approximate surface area is 91.9 Å². The SMILES string of the molecule is C=C[C@H](CC(N)=O)c1ccc(Br)cc1. The molecule has 0 heterocycles. The zero-order valence-corrected chi connectivity index (χ0v) is 9.33. The fraction of sp³-hybridized carbons (Fsp3) is 0.182. The van der Waals surface area contributed by atoms with Crippen molar-refractivity contribution in [3.8, 4) is 0 Å². The fourth-order valence-corrected chi connectivity index (χ4v) is 1.53. The lowest BCUT2D eigenvalue weighted by Gasteiger charge is -2.10. The zero-order chi connectivity index (χ0) is 10.6. The number of nitrogens with two attached hydrogens (primary N) is 1. The first kappa shape index (κ1) is 11.0. The van der Waals surface area contributed by atoms with Gasteiger partial charge in [0, 0.05) is 16.8 Å². The highest BCUT2D eigenvalue weighted by atomic mass is 79.9. The summed E-state index contributed by atoms with van der Waals surface area (Å²) in [5.41, 5.74) is 6.20. The Hall–Kier alpha value is -1.09. The van der Waals surface area contributed by atoms with Gasteiger partial charge in [0.1, 0.15) is 0 Å². The number of hydrogen-bond donors (Lipinski definition) is 1. The van der Waals surface area contributed by atoms with E-state index in [0.29, 0.717) is 6.42 Å². The molecule has 0 saturated carbocycles. The van der Waals surface area contributed by atoms with E-state index in [2.05, 4.69) is 22.5 Å². The maximum absolute atomic E-state index is 10.8. The minimum atomic E-state index is -0.308. The first-order chi connectivity index (χ1) is 6.63. The molecule has 1 amide bonds. The molecule has 14 heavy (non-hydrogen) atoms. The van der Waals surface area contributed by atoms with Crippen molar-refractivity contribution in [3.05, 3.63) is 47.0 Å². The molecule has 74 valence electrons. The normalized spacial score (nSPS) is 12.1. The molecule has 1 aromatic rings. The summed E-state index contributed by atoms with van der Waals surface area (Å²) < 4.78 is 1.02. The molecule has 2 N–H and O–H groups in total. The monoisotopic (exact) mass is 253 g/mol. The largest absolute Gasteiger partial charge is 0.370 e. The number of rotatable bonds is 4. The van der Waals surface area contributed by atoms with Gasteiger partial charge in [-0.15, -0.1) is 6.58 Å². The van der Waals surface area contributed by atoms with Crippen molar-refractivity contribution in [1.29, 1.82) is 0 Å². The predicted molar refractivity (Wildman–Crippen MR) is 60.9 cm³/mol. The van der Waals surface area contributed by atoms with E-state index in [1.54, 1.807) is 6.08 Å². The summed E-state index contributed by atoms with van der Waals surface area (Å²) in [6.07, 6.45) is 2.05. The molecule has 0 aliphatic rings. The van der Waals surface area contributed by atoms with Crippen LogP contribution in [0.3, 0.4) is 0 Å². The van der Waals surface area contributed by atoms with Crippen LogP contribution in [0, 0.1) is 0 Å². The van der Waals surface area contributed by atoms with Gasteiger partial charge in [0.05, 0.1) is 0 Å². The van der Waals surface area contributed by atoms with Gasteiger partial charge in [-0.2, -0.15) is 0 Å². The van der Waals surface area contributed by atoms with Gasteiger partial charge in [-0.3, -0.25) is 4.79 Å². The third-order valence-corrected chi connectivity index (χ3v) is 2.53. The minimum absolute atomic E-state index is 0.0144. The number of amides is 1. The van der Waals surface area contributed by atoms with Crippen molar-refractivity contribution in [2.24, 2.45) is 5.73 Å². The number of primary amides is 1. The molecule has 1 aromatic carbocycles. The molecule has 1 atom stereocenters. The lowest BCUT2D eigenvalue weighted by atomic mass is 9.96. The average molecular weight is 254 g/mol. The maximum atomic E-state index is 10.8. The highest BCUT2D eigenvalue weighted by molar-refractivity contribution is 9.10. The van der Waals surface area contributed by atoms with Crippen LogP contribution in [-0.4, -0.2) is 5.91 Å². The van der Waals surface area contributed by atoms with Crippen LogP contribution in [0.4, 0.5) is 0 Å². The topological polar surface area (TPSA) is 43.1 Å². The second-order valence-corrected chi connectivity index (χ2v) is 3.98. The van der Waals surface area contributed by atoms with Gasteiger partial charge >= 0.3 is 0 Å². The van der Waals surface area contributed by atoms with Gasteiger partial charge < -0.3 is 5.73 Å². The van der Waals surface area contributed by atoms with E-state index >= 15 is 0 Å². The smallest absolute Gasteiger partial charge is 0.218 e. The van der Waals surface area contributed by atoms with Crippen LogP contribution in [0.25, 0.3) is 0 Å². The zero-order valence-electron chi connectivity index (χ0n) is 7.74. The first-order valence-electron chi connectivity index (χ1n) is 4.30. The standard InChI is InChI=1S/C11H12BrNO/c1-2-8(7-11(13)14)9-3-5-10(12)6-4-9/h2-6,8H,1,7H2,(H2,13,14)/t8-/m1/s1. The Bertz CT molecular complexity index is 332. The summed E-state index contributed by atoms with van der Waals surface area (Å²) in [5.74, 6) is -0.293. The summed E-state index contributed by atoms with van der Waals surface area (Å²) in [6.45, 7) is 3.69. The number of allylic oxidation sites excluding steroid dienone is 1. The highest BCUT2D eigenvalue weighted by Gasteiger charge is 2.09. The Morgan fingerprint density at radius 3 is 2.50 bits per heavy atom. The van der Waals surface area contributed by atoms with Crippen LogP contribution in [-0.2, 0) is 4.79 Å². The molecule has 2 nitrogen and oxygen atoms in total. The van der Waals surface area contributed by atoms with Crippen LogP contribution < -0.4 is 5.73 Å². The van der Waals surface area contributed by atoms with Crippen LogP contribution in [0.2, 0.25) is 0 Å². The second kappa shape index (κ2) is 4.96. The molecule has 0 saturated heterocycles. The van der Waals surface area contributed by atoms with Crippen LogP contribution in [0.1, 0.15) is 17.9 Å². The summed E-state index contributed by atoms with van der Waals surface area (Å²) in [5, 5.41) is 0. The van der Waals surface area contributed by atoms with E-state index in [0.717, 1.165) is 10.0 Å². The molecule has 1 rings (SSSR count). The van der Waals surface area contributed by atoms with Crippen molar-refractivity contribution < 1.29 is 4.79 Å². The first-order valence-corrected chi connectivity index (χ1v) is 5.09. The van der Waals surface area contributed by atoms with Gasteiger partial charge in [-0.25, -0.2) is 0 Å². The van der Waals surface area contributed by atoms with Crippen molar-refractivity contribution in [2.75, 3.05) is 0 Å². The Kier molecular flexibility index (Phi) is 3.89. The number of benzene rings is 1. The van der Waals surface area contributed by atoms with E-state index in [1.165, 1.54) is 0 Å². The lowest BCUT2D eigenvalue weighted by Crippen LogP contribution is -2.14. The third-order valence-electron chi connectivity index (χ3n) is 2.00. The second-order valence-electron chi connectivity index (χ2n) is 3.06. The molecule has 0 unspecified atom stereocenters.